The molecule has 0 aliphatic rings. The van der Waals surface area contributed by atoms with Crippen LogP contribution in [0.3, 0.4) is 0 Å². The van der Waals surface area contributed by atoms with Gasteiger partial charge in [-0.05, 0) is 31.9 Å². The van der Waals surface area contributed by atoms with Crippen LogP contribution in [0, 0.1) is 0 Å². The Morgan fingerprint density at radius 2 is 1.86 bits per heavy atom. The average Bonchev–Trinajstić information content (AvgIpc) is 2.49. The number of aliphatic carboxylic acids is 1. The van der Waals surface area contributed by atoms with Crippen LogP contribution in [-0.2, 0) is 16.1 Å². The summed E-state index contributed by atoms with van der Waals surface area (Å²) in [4.78, 5) is 15.3. The summed E-state index contributed by atoms with van der Waals surface area (Å²) in [6.07, 6.45) is 2.27. The lowest BCUT2D eigenvalue weighted by atomic mass is 10.1. The summed E-state index contributed by atoms with van der Waals surface area (Å²) in [5.74, 6) is 0.547. The maximum Gasteiger partial charge on any atom is 0.306 e. The predicted molar refractivity (Wildman–Crippen MR) is 84.0 cm³/mol. The molecule has 0 radical (unpaired) electrons. The van der Waals surface area contributed by atoms with Gasteiger partial charge in [-0.3, -0.25) is 4.79 Å². The highest BCUT2D eigenvalue weighted by atomic mass is 16.6. The highest BCUT2D eigenvalue weighted by molar-refractivity contribution is 5.84. The number of benzene rings is 1. The molecule has 1 aromatic rings. The van der Waals surface area contributed by atoms with E-state index in [0.29, 0.717) is 19.0 Å². The maximum absolute atomic E-state index is 10.4. The van der Waals surface area contributed by atoms with Gasteiger partial charge in [0.2, 0.25) is 0 Å². The molecule has 0 amide bonds. The van der Waals surface area contributed by atoms with E-state index in [9.17, 15) is 4.79 Å². The van der Waals surface area contributed by atoms with E-state index in [-0.39, 0.29) is 13.0 Å². The Morgan fingerprint density at radius 1 is 1.18 bits per heavy atom. The van der Waals surface area contributed by atoms with E-state index in [4.69, 9.17) is 19.4 Å². The highest BCUT2D eigenvalue weighted by Gasteiger charge is 2.10. The van der Waals surface area contributed by atoms with Gasteiger partial charge in [0.1, 0.15) is 18.1 Å². The van der Waals surface area contributed by atoms with Crippen molar-refractivity contribution in [1.29, 1.82) is 0 Å². The minimum absolute atomic E-state index is 0.0352. The van der Waals surface area contributed by atoms with Crippen LogP contribution in [0.4, 0.5) is 0 Å². The van der Waals surface area contributed by atoms with Gasteiger partial charge in [0.25, 0.3) is 0 Å². The lowest BCUT2D eigenvalue weighted by Gasteiger charge is -2.14. The van der Waals surface area contributed by atoms with E-state index in [1.807, 2.05) is 32.9 Å². The number of ether oxygens (including phenoxy) is 2. The molecule has 122 valence electrons. The Balaban J connectivity index is 2.90. The molecule has 0 aliphatic heterocycles. The van der Waals surface area contributed by atoms with Crippen molar-refractivity contribution in [2.45, 2.75) is 33.6 Å². The normalized spacial score (nSPS) is 10.7. The quantitative estimate of drug-likeness (QED) is 0.408. The Kier molecular flexibility index (Phi) is 7.81. The van der Waals surface area contributed by atoms with Crippen LogP contribution in [0.15, 0.2) is 17.3 Å². The second-order valence-electron chi connectivity index (χ2n) is 4.43. The fraction of sp³-hybridized carbons (Fsp3) is 0.500. The van der Waals surface area contributed by atoms with Crippen LogP contribution in [0.5, 0.6) is 11.5 Å². The molecule has 0 fully saturated rings. The van der Waals surface area contributed by atoms with Gasteiger partial charge in [0, 0.05) is 11.6 Å². The summed E-state index contributed by atoms with van der Waals surface area (Å²) in [6, 6.07) is 3.80. The first-order valence-electron chi connectivity index (χ1n) is 7.41. The zero-order chi connectivity index (χ0) is 16.4. The smallest absolute Gasteiger partial charge is 0.306 e. The lowest BCUT2D eigenvalue weighted by molar-refractivity contribution is -0.138. The zero-order valence-electron chi connectivity index (χ0n) is 13.3. The third-order valence-corrected chi connectivity index (χ3v) is 2.85. The first kappa shape index (κ1) is 17.8. The molecule has 6 nitrogen and oxygen atoms in total. The summed E-state index contributed by atoms with van der Waals surface area (Å²) in [5, 5.41) is 12.3. The molecule has 0 aliphatic carbocycles. The number of rotatable bonds is 10. The Morgan fingerprint density at radius 3 is 2.45 bits per heavy atom. The molecular formula is C16H23NO5. The van der Waals surface area contributed by atoms with Gasteiger partial charge >= 0.3 is 5.97 Å². The summed E-state index contributed by atoms with van der Waals surface area (Å²) < 4.78 is 11.2. The van der Waals surface area contributed by atoms with Crippen molar-refractivity contribution in [3.8, 4) is 11.5 Å². The Bertz CT molecular complexity index is 514. The highest BCUT2D eigenvalue weighted by Crippen LogP contribution is 2.29. The minimum Gasteiger partial charge on any atom is -0.493 e. The minimum atomic E-state index is -0.917. The van der Waals surface area contributed by atoms with Gasteiger partial charge in [-0.15, -0.1) is 0 Å². The van der Waals surface area contributed by atoms with Gasteiger partial charge in [-0.1, -0.05) is 12.1 Å². The van der Waals surface area contributed by atoms with E-state index < -0.39 is 5.97 Å². The van der Waals surface area contributed by atoms with E-state index in [2.05, 4.69) is 5.16 Å². The van der Waals surface area contributed by atoms with Gasteiger partial charge in [0.15, 0.2) is 0 Å². The molecule has 0 aromatic heterocycles. The van der Waals surface area contributed by atoms with Gasteiger partial charge in [-0.2, -0.15) is 0 Å². The van der Waals surface area contributed by atoms with E-state index in [0.717, 1.165) is 23.3 Å². The van der Waals surface area contributed by atoms with Crippen molar-refractivity contribution < 1.29 is 24.2 Å². The third-order valence-electron chi connectivity index (χ3n) is 2.85. The maximum atomic E-state index is 10.4. The molecule has 0 unspecified atom stereocenters. The molecule has 0 atom stereocenters. The Hall–Kier alpha value is -2.24. The molecule has 0 saturated carbocycles. The average molecular weight is 309 g/mol. The summed E-state index contributed by atoms with van der Waals surface area (Å²) in [5.41, 5.74) is 1.83. The third kappa shape index (κ3) is 5.63. The van der Waals surface area contributed by atoms with Gasteiger partial charge < -0.3 is 19.4 Å². The predicted octanol–water partition coefficient (Wildman–Crippen LogP) is 2.87. The molecule has 1 aromatic carbocycles. The Labute approximate surface area is 130 Å². The fourth-order valence-electron chi connectivity index (χ4n) is 1.85. The number of carboxylic acid groups (broad SMARTS) is 1. The summed E-state index contributed by atoms with van der Waals surface area (Å²) in [7, 11) is 0. The van der Waals surface area contributed by atoms with Crippen molar-refractivity contribution >= 4 is 12.2 Å². The number of nitrogens with zero attached hydrogens (tertiary/aromatic N) is 1. The number of carbonyl (C=O) groups is 1. The second-order valence-corrected chi connectivity index (χ2v) is 4.43. The van der Waals surface area contributed by atoms with Crippen LogP contribution in [-0.4, -0.2) is 37.1 Å². The van der Waals surface area contributed by atoms with Crippen LogP contribution < -0.4 is 9.47 Å². The lowest BCUT2D eigenvalue weighted by Crippen LogP contribution is -2.03. The zero-order valence-corrected chi connectivity index (χ0v) is 13.3. The largest absolute Gasteiger partial charge is 0.493 e. The molecule has 0 bridgehead atoms. The van der Waals surface area contributed by atoms with Gasteiger partial charge in [-0.25, -0.2) is 0 Å². The first-order chi connectivity index (χ1) is 10.6. The molecule has 1 N–H and O–H groups in total. The molecule has 1 rings (SSSR count). The van der Waals surface area contributed by atoms with E-state index >= 15 is 0 Å². The van der Waals surface area contributed by atoms with Crippen molar-refractivity contribution in [3.05, 3.63) is 23.3 Å². The molecule has 0 saturated heterocycles. The number of hydrogen-bond donors (Lipinski definition) is 1. The summed E-state index contributed by atoms with van der Waals surface area (Å²) >= 11 is 0. The first-order valence-corrected chi connectivity index (χ1v) is 7.41. The topological polar surface area (TPSA) is 77.3 Å². The van der Waals surface area contributed by atoms with E-state index in [1.165, 1.54) is 6.21 Å². The van der Waals surface area contributed by atoms with Crippen molar-refractivity contribution in [3.63, 3.8) is 0 Å². The molecule has 6 heteroatoms. The molecule has 0 spiro atoms. The van der Waals surface area contributed by atoms with Crippen molar-refractivity contribution in [1.82, 2.24) is 0 Å². The van der Waals surface area contributed by atoms with E-state index in [1.54, 1.807) is 0 Å². The molecular weight excluding hydrogens is 286 g/mol. The number of carboxylic acids is 1. The monoisotopic (exact) mass is 309 g/mol. The number of hydrogen-bond acceptors (Lipinski definition) is 5. The van der Waals surface area contributed by atoms with Crippen molar-refractivity contribution in [2.75, 3.05) is 19.8 Å². The SMILES string of the molecule is CCOc1cc(OCC)c(CC)cc1/C=N/OCCC(=O)O. The molecule has 0 heterocycles. The van der Waals surface area contributed by atoms with Crippen LogP contribution in [0.1, 0.15) is 38.3 Å². The van der Waals surface area contributed by atoms with Crippen molar-refractivity contribution in [2.24, 2.45) is 5.16 Å². The molecule has 22 heavy (non-hydrogen) atoms. The fourth-order valence-corrected chi connectivity index (χ4v) is 1.85. The van der Waals surface area contributed by atoms with Crippen LogP contribution in [0.2, 0.25) is 0 Å². The summed E-state index contributed by atoms with van der Waals surface area (Å²) in [6.45, 7) is 7.03. The second kappa shape index (κ2) is 9.65. The van der Waals surface area contributed by atoms with Crippen LogP contribution >= 0.6 is 0 Å². The standard InChI is InChI=1S/C16H23NO5/c1-4-12-9-13(11-17-22-8-7-16(18)19)15(21-6-3)10-14(12)20-5-2/h9-11H,4-8H2,1-3H3,(H,18,19)/b17-11+. The van der Waals surface area contributed by atoms with Gasteiger partial charge in [0.05, 0.1) is 25.8 Å². The van der Waals surface area contributed by atoms with Crippen LogP contribution in [0.25, 0.3) is 0 Å². The number of aryl methyl sites for hydroxylation is 1. The number of oxime groups is 1.